The molecule has 2 aliphatic rings. The molecule has 1 heteroatoms. The molecule has 2 bridgehead atoms. The first kappa shape index (κ1) is 10.5. The van der Waals surface area contributed by atoms with Crippen LogP contribution in [0.1, 0.15) is 53.9 Å². The van der Waals surface area contributed by atoms with Crippen LogP contribution in [0.4, 0.5) is 0 Å². The van der Waals surface area contributed by atoms with E-state index < -0.39 is 0 Å². The summed E-state index contributed by atoms with van der Waals surface area (Å²) in [7, 11) is 0. The summed E-state index contributed by atoms with van der Waals surface area (Å²) in [5.74, 6) is 0.771. The van der Waals surface area contributed by atoms with E-state index in [2.05, 4.69) is 34.6 Å². The molecule has 0 spiro atoms. The largest absolute Gasteiger partial charge is 0.327 e. The molecule has 82 valence electrons. The molecule has 0 amide bonds. The maximum absolute atomic E-state index is 6.35. The molecule has 0 saturated heterocycles. The minimum Gasteiger partial charge on any atom is -0.327 e. The standard InChI is InChI=1S/C13H25N/c1-9(2)13-7-6-12(5,10(14)8-13)11(13,3)4/h9-10H,6-8,14H2,1-5H3/t10-,12-,13+/m0/s1. The fourth-order valence-corrected chi connectivity index (χ4v) is 4.55. The molecule has 14 heavy (non-hydrogen) atoms. The Morgan fingerprint density at radius 3 is 1.93 bits per heavy atom. The lowest BCUT2D eigenvalue weighted by Crippen LogP contribution is -2.41. The number of fused-ring (bicyclic) bond motifs is 2. The zero-order valence-corrected chi connectivity index (χ0v) is 10.4. The predicted molar refractivity (Wildman–Crippen MR) is 61.0 cm³/mol. The van der Waals surface area contributed by atoms with E-state index in [0.717, 1.165) is 5.92 Å². The Labute approximate surface area is 88.4 Å². The molecule has 0 unspecified atom stereocenters. The third-order valence-corrected chi connectivity index (χ3v) is 6.27. The number of hydrogen-bond donors (Lipinski definition) is 1. The Kier molecular flexibility index (Phi) is 1.91. The van der Waals surface area contributed by atoms with E-state index in [0.29, 0.717) is 22.3 Å². The predicted octanol–water partition coefficient (Wildman–Crippen LogP) is 3.19. The van der Waals surface area contributed by atoms with Crippen LogP contribution in [-0.4, -0.2) is 6.04 Å². The minimum absolute atomic E-state index is 0.386. The number of nitrogens with two attached hydrogens (primary N) is 1. The highest BCUT2D eigenvalue weighted by molar-refractivity contribution is 5.19. The van der Waals surface area contributed by atoms with Crippen LogP contribution in [0, 0.1) is 22.2 Å². The van der Waals surface area contributed by atoms with E-state index in [1.807, 2.05) is 0 Å². The third kappa shape index (κ3) is 0.816. The molecule has 0 aromatic carbocycles. The van der Waals surface area contributed by atoms with Crippen LogP contribution < -0.4 is 5.73 Å². The fraction of sp³-hybridized carbons (Fsp3) is 1.00. The van der Waals surface area contributed by atoms with Crippen molar-refractivity contribution >= 4 is 0 Å². The summed E-state index contributed by atoms with van der Waals surface area (Å²) < 4.78 is 0. The van der Waals surface area contributed by atoms with Gasteiger partial charge >= 0.3 is 0 Å². The Bertz CT molecular complexity index is 256. The van der Waals surface area contributed by atoms with Crippen molar-refractivity contribution in [1.82, 2.24) is 0 Å². The summed E-state index contributed by atoms with van der Waals surface area (Å²) in [6, 6.07) is 0.425. The van der Waals surface area contributed by atoms with E-state index in [1.54, 1.807) is 0 Å². The monoisotopic (exact) mass is 195 g/mol. The number of rotatable bonds is 1. The first-order valence-corrected chi connectivity index (χ1v) is 6.03. The molecule has 0 aromatic rings. The van der Waals surface area contributed by atoms with Crippen molar-refractivity contribution in [3.8, 4) is 0 Å². The van der Waals surface area contributed by atoms with Gasteiger partial charge < -0.3 is 5.73 Å². The molecule has 2 fully saturated rings. The first-order valence-electron chi connectivity index (χ1n) is 6.03. The molecule has 3 atom stereocenters. The van der Waals surface area contributed by atoms with Gasteiger partial charge in [0.05, 0.1) is 0 Å². The second-order valence-electron chi connectivity index (χ2n) is 6.66. The molecule has 2 N–H and O–H groups in total. The van der Waals surface area contributed by atoms with Crippen LogP contribution in [0.3, 0.4) is 0 Å². The van der Waals surface area contributed by atoms with Gasteiger partial charge in [0.1, 0.15) is 0 Å². The molecule has 2 aliphatic carbocycles. The molecule has 0 aromatic heterocycles. The van der Waals surface area contributed by atoms with Gasteiger partial charge in [-0.05, 0) is 41.4 Å². The van der Waals surface area contributed by atoms with Gasteiger partial charge in [-0.3, -0.25) is 0 Å². The Morgan fingerprint density at radius 2 is 1.71 bits per heavy atom. The number of hydrogen-bond acceptors (Lipinski definition) is 1. The summed E-state index contributed by atoms with van der Waals surface area (Å²) in [5, 5.41) is 0. The van der Waals surface area contributed by atoms with Crippen molar-refractivity contribution in [1.29, 1.82) is 0 Å². The van der Waals surface area contributed by atoms with Crippen molar-refractivity contribution in [2.45, 2.75) is 59.9 Å². The summed E-state index contributed by atoms with van der Waals surface area (Å²) in [5.41, 5.74) is 7.68. The molecule has 2 rings (SSSR count). The molecule has 2 saturated carbocycles. The van der Waals surface area contributed by atoms with Gasteiger partial charge in [-0.25, -0.2) is 0 Å². The van der Waals surface area contributed by atoms with Crippen LogP contribution in [0.15, 0.2) is 0 Å². The zero-order valence-electron chi connectivity index (χ0n) is 10.4. The highest BCUT2D eigenvalue weighted by atomic mass is 14.8. The smallest absolute Gasteiger partial charge is 0.0104 e. The van der Waals surface area contributed by atoms with Crippen LogP contribution >= 0.6 is 0 Å². The van der Waals surface area contributed by atoms with Crippen molar-refractivity contribution in [2.24, 2.45) is 27.9 Å². The Hall–Kier alpha value is -0.0400. The van der Waals surface area contributed by atoms with Crippen LogP contribution in [0.25, 0.3) is 0 Å². The highest BCUT2D eigenvalue weighted by Crippen LogP contribution is 2.73. The zero-order chi connectivity index (χ0) is 10.8. The lowest BCUT2D eigenvalue weighted by atomic mass is 9.60. The van der Waals surface area contributed by atoms with Crippen LogP contribution in [0.5, 0.6) is 0 Å². The molecule has 1 nitrogen and oxygen atoms in total. The van der Waals surface area contributed by atoms with Crippen LogP contribution in [-0.2, 0) is 0 Å². The molecular weight excluding hydrogens is 170 g/mol. The van der Waals surface area contributed by atoms with Gasteiger partial charge in [0.2, 0.25) is 0 Å². The normalized spacial score (nSPS) is 50.4. The minimum atomic E-state index is 0.386. The molecular formula is C13H25N. The van der Waals surface area contributed by atoms with E-state index in [9.17, 15) is 0 Å². The third-order valence-electron chi connectivity index (χ3n) is 6.27. The highest BCUT2D eigenvalue weighted by Gasteiger charge is 2.68. The summed E-state index contributed by atoms with van der Waals surface area (Å²) in [4.78, 5) is 0. The van der Waals surface area contributed by atoms with E-state index in [1.165, 1.54) is 19.3 Å². The summed E-state index contributed by atoms with van der Waals surface area (Å²) >= 11 is 0. The SMILES string of the molecule is CC(C)[C@@]12CC[C@@](C)([C@@H](N)C1)C2(C)C. The second-order valence-corrected chi connectivity index (χ2v) is 6.66. The van der Waals surface area contributed by atoms with Gasteiger partial charge in [-0.15, -0.1) is 0 Å². The lowest BCUT2D eigenvalue weighted by Gasteiger charge is -2.44. The van der Waals surface area contributed by atoms with Gasteiger partial charge in [-0.2, -0.15) is 0 Å². The van der Waals surface area contributed by atoms with Crippen molar-refractivity contribution in [2.75, 3.05) is 0 Å². The van der Waals surface area contributed by atoms with Gasteiger partial charge in [0.25, 0.3) is 0 Å². The van der Waals surface area contributed by atoms with Crippen LogP contribution in [0.2, 0.25) is 0 Å². The summed E-state index contributed by atoms with van der Waals surface area (Å²) in [6.45, 7) is 12.1. The topological polar surface area (TPSA) is 26.0 Å². The maximum Gasteiger partial charge on any atom is 0.0104 e. The average Bonchev–Trinajstić information content (AvgIpc) is 2.34. The fourth-order valence-electron chi connectivity index (χ4n) is 4.55. The van der Waals surface area contributed by atoms with E-state index >= 15 is 0 Å². The van der Waals surface area contributed by atoms with E-state index in [4.69, 9.17) is 5.73 Å². The lowest BCUT2D eigenvalue weighted by molar-refractivity contribution is 0.0426. The van der Waals surface area contributed by atoms with Gasteiger partial charge in [0, 0.05) is 6.04 Å². The first-order chi connectivity index (χ1) is 6.28. The Balaban J connectivity index is 2.49. The summed E-state index contributed by atoms with van der Waals surface area (Å²) in [6.07, 6.45) is 3.97. The maximum atomic E-state index is 6.35. The molecule has 0 radical (unpaired) electrons. The second kappa shape index (κ2) is 2.55. The van der Waals surface area contributed by atoms with Gasteiger partial charge in [-0.1, -0.05) is 34.6 Å². The van der Waals surface area contributed by atoms with Crippen molar-refractivity contribution < 1.29 is 0 Å². The average molecular weight is 195 g/mol. The van der Waals surface area contributed by atoms with Gasteiger partial charge in [0.15, 0.2) is 0 Å². The van der Waals surface area contributed by atoms with Crippen molar-refractivity contribution in [3.63, 3.8) is 0 Å². The van der Waals surface area contributed by atoms with Crippen molar-refractivity contribution in [3.05, 3.63) is 0 Å². The Morgan fingerprint density at radius 1 is 1.14 bits per heavy atom. The molecule has 0 heterocycles. The molecule has 0 aliphatic heterocycles. The quantitative estimate of drug-likeness (QED) is 0.683. The van der Waals surface area contributed by atoms with E-state index in [-0.39, 0.29) is 0 Å².